The Morgan fingerprint density at radius 1 is 1.07 bits per heavy atom. The lowest BCUT2D eigenvalue weighted by molar-refractivity contribution is -0.384. The maximum atomic E-state index is 12.7. The van der Waals surface area contributed by atoms with Crippen molar-refractivity contribution in [1.29, 1.82) is 0 Å². The number of nitro benzene ring substituents is 1. The predicted molar refractivity (Wildman–Crippen MR) is 95.8 cm³/mol. The third kappa shape index (κ3) is 5.69. The summed E-state index contributed by atoms with van der Waals surface area (Å²) >= 11 is 0. The van der Waals surface area contributed by atoms with Gasteiger partial charge in [-0.25, -0.2) is 4.79 Å². The Hall–Kier alpha value is -3.11. The molecule has 1 aromatic carbocycles. The molecule has 0 aliphatic rings. The van der Waals surface area contributed by atoms with E-state index in [-0.39, 0.29) is 21.0 Å². The molecule has 0 saturated heterocycles. The molecule has 150 valence electrons. The van der Waals surface area contributed by atoms with E-state index >= 15 is 0 Å². The lowest BCUT2D eigenvalue weighted by atomic mass is 10.3. The van der Waals surface area contributed by atoms with Crippen molar-refractivity contribution in [2.24, 2.45) is 7.05 Å². The molecule has 27 heavy (non-hydrogen) atoms. The Kier molecular flexibility index (Phi) is 8.97. The number of nitrogens with zero attached hydrogens (tertiary/aromatic N) is 3. The van der Waals surface area contributed by atoms with Crippen molar-refractivity contribution in [3.63, 3.8) is 0 Å². The number of rotatable bonds is 3. The van der Waals surface area contributed by atoms with Gasteiger partial charge in [-0.15, -0.1) is 0 Å². The van der Waals surface area contributed by atoms with Crippen molar-refractivity contribution in [1.82, 2.24) is 9.24 Å². The summed E-state index contributed by atoms with van der Waals surface area (Å²) in [6.45, 7) is 8.00. The Balaban J connectivity index is 0.00000158. The van der Waals surface area contributed by atoms with Crippen molar-refractivity contribution in [2.75, 3.05) is 5.43 Å². The molecule has 0 amide bonds. The van der Waals surface area contributed by atoms with E-state index in [4.69, 9.17) is 0 Å². The summed E-state index contributed by atoms with van der Waals surface area (Å²) in [5, 5.41) is 10.9. The van der Waals surface area contributed by atoms with Gasteiger partial charge in [0.2, 0.25) is 0 Å². The molecule has 0 aliphatic heterocycles. The third-order valence-corrected chi connectivity index (χ3v) is 2.94. The predicted octanol–water partition coefficient (Wildman–Crippen LogP) is 3.40. The van der Waals surface area contributed by atoms with Gasteiger partial charge in [0.25, 0.3) is 11.2 Å². The van der Waals surface area contributed by atoms with E-state index < -0.39 is 33.7 Å². The zero-order valence-electron chi connectivity index (χ0n) is 15.5. The van der Waals surface area contributed by atoms with E-state index in [1.807, 2.05) is 27.7 Å². The van der Waals surface area contributed by atoms with Crippen molar-refractivity contribution < 1.29 is 18.1 Å². The van der Waals surface area contributed by atoms with Crippen LogP contribution in [0.15, 0.2) is 39.9 Å². The second-order valence-electron chi connectivity index (χ2n) is 4.43. The van der Waals surface area contributed by atoms with Crippen molar-refractivity contribution in [2.45, 2.75) is 33.9 Å². The number of anilines is 1. The molecule has 0 bridgehead atoms. The molecule has 0 radical (unpaired) electrons. The summed E-state index contributed by atoms with van der Waals surface area (Å²) < 4.78 is 38.6. The molecule has 1 aromatic heterocycles. The van der Waals surface area contributed by atoms with Crippen LogP contribution >= 0.6 is 0 Å². The number of nitro groups is 1. The van der Waals surface area contributed by atoms with Crippen LogP contribution in [0.2, 0.25) is 0 Å². The summed E-state index contributed by atoms with van der Waals surface area (Å²) in [6, 6.07) is 5.30. The van der Waals surface area contributed by atoms with E-state index in [0.717, 1.165) is 13.1 Å². The molecule has 0 unspecified atom stereocenters. The molecular weight excluding hydrogens is 369 g/mol. The van der Waals surface area contributed by atoms with Gasteiger partial charge in [0.05, 0.1) is 4.92 Å². The first kappa shape index (κ1) is 23.9. The largest absolute Gasteiger partial charge is 0.431 e. The minimum Gasteiger partial charge on any atom is -0.291 e. The van der Waals surface area contributed by atoms with Gasteiger partial charge in [-0.1, -0.05) is 39.8 Å². The second kappa shape index (κ2) is 10.1. The van der Waals surface area contributed by atoms with Gasteiger partial charge >= 0.3 is 11.9 Å². The maximum Gasteiger partial charge on any atom is 0.431 e. The van der Waals surface area contributed by atoms with Crippen LogP contribution in [-0.4, -0.2) is 14.2 Å². The lowest BCUT2D eigenvalue weighted by Crippen LogP contribution is -2.45. The van der Waals surface area contributed by atoms with E-state index in [9.17, 15) is 32.9 Å². The van der Waals surface area contributed by atoms with Crippen LogP contribution in [0.5, 0.6) is 0 Å². The van der Waals surface area contributed by atoms with Gasteiger partial charge in [-0.3, -0.25) is 24.9 Å². The number of hydrogen-bond donors (Lipinski definition) is 1. The second-order valence-corrected chi connectivity index (χ2v) is 4.43. The van der Waals surface area contributed by atoms with Crippen LogP contribution in [0.4, 0.5) is 24.5 Å². The molecule has 0 saturated carbocycles. The molecule has 0 fully saturated rings. The quantitative estimate of drug-likeness (QED) is 0.640. The summed E-state index contributed by atoms with van der Waals surface area (Å²) in [5.41, 5.74) is -2.52. The molecular formula is C16H21F3N4O4. The van der Waals surface area contributed by atoms with E-state index in [2.05, 4.69) is 5.43 Å². The normalized spacial score (nSPS) is 10.1. The number of aromatic nitrogens is 2. The number of hydrogen-bond acceptors (Lipinski definition) is 5. The maximum absolute atomic E-state index is 12.7. The SMILES string of the molecule is CC.CC.Cn1c(C(F)(F)F)cc(=O)n(Nc2ccccc2[N+](=O)[O-])c1=O. The molecule has 8 nitrogen and oxygen atoms in total. The van der Waals surface area contributed by atoms with Crippen LogP contribution < -0.4 is 16.7 Å². The van der Waals surface area contributed by atoms with E-state index in [1.165, 1.54) is 18.2 Å². The topological polar surface area (TPSA) is 99.2 Å². The molecule has 0 atom stereocenters. The van der Waals surface area contributed by atoms with Gasteiger partial charge in [0.15, 0.2) is 0 Å². The molecule has 11 heteroatoms. The molecule has 1 heterocycles. The van der Waals surface area contributed by atoms with Crippen molar-refractivity contribution >= 4 is 11.4 Å². The van der Waals surface area contributed by atoms with Crippen LogP contribution in [0.1, 0.15) is 33.4 Å². The highest BCUT2D eigenvalue weighted by molar-refractivity contribution is 5.60. The van der Waals surface area contributed by atoms with Crippen LogP contribution in [0.25, 0.3) is 0 Å². The van der Waals surface area contributed by atoms with Gasteiger partial charge in [0.1, 0.15) is 11.4 Å². The molecule has 1 N–H and O–H groups in total. The number of benzene rings is 1. The fourth-order valence-electron chi connectivity index (χ4n) is 1.85. The number of para-hydroxylation sites is 2. The smallest absolute Gasteiger partial charge is 0.291 e. The number of nitrogens with one attached hydrogen (secondary N) is 1. The average molecular weight is 390 g/mol. The lowest BCUT2D eigenvalue weighted by Gasteiger charge is -2.14. The standard InChI is InChI=1S/C12H9F3N4O4.2C2H6/c1-17-9(12(13,14)15)6-10(20)18(11(17)21)16-7-4-2-3-5-8(7)19(22)23;2*1-2/h2-6,16H,1H3;2*1-2H3. The molecule has 0 aliphatic carbocycles. The number of alkyl halides is 3. The van der Waals surface area contributed by atoms with Gasteiger partial charge < -0.3 is 0 Å². The summed E-state index contributed by atoms with van der Waals surface area (Å²) in [7, 11) is 0.835. The Labute approximate surface area is 153 Å². The first-order valence-electron chi connectivity index (χ1n) is 8.03. The highest BCUT2D eigenvalue weighted by Gasteiger charge is 2.35. The highest BCUT2D eigenvalue weighted by atomic mass is 19.4. The summed E-state index contributed by atoms with van der Waals surface area (Å²) in [4.78, 5) is 33.8. The Bertz CT molecular complexity index is 888. The summed E-state index contributed by atoms with van der Waals surface area (Å²) in [5.74, 6) is 0. The van der Waals surface area contributed by atoms with Crippen molar-refractivity contribution in [3.05, 3.63) is 67.0 Å². The van der Waals surface area contributed by atoms with Gasteiger partial charge in [-0.2, -0.15) is 17.8 Å². The average Bonchev–Trinajstić information content (AvgIpc) is 2.64. The minimum atomic E-state index is -4.88. The first-order valence-corrected chi connectivity index (χ1v) is 8.03. The molecule has 2 aromatic rings. The third-order valence-electron chi connectivity index (χ3n) is 2.94. The van der Waals surface area contributed by atoms with E-state index in [1.54, 1.807) is 0 Å². The van der Waals surface area contributed by atoms with Crippen LogP contribution in [-0.2, 0) is 13.2 Å². The van der Waals surface area contributed by atoms with Crippen LogP contribution in [0.3, 0.4) is 0 Å². The molecule has 2 rings (SSSR count). The zero-order chi connectivity index (χ0) is 21.4. The molecule has 0 spiro atoms. The fraction of sp³-hybridized carbons (Fsp3) is 0.375. The number of halogens is 3. The monoisotopic (exact) mass is 390 g/mol. The minimum absolute atomic E-state index is 0.212. The van der Waals surface area contributed by atoms with Gasteiger partial charge in [-0.05, 0) is 6.07 Å². The Morgan fingerprint density at radius 2 is 1.59 bits per heavy atom. The fourth-order valence-corrected chi connectivity index (χ4v) is 1.85. The zero-order valence-corrected chi connectivity index (χ0v) is 15.5. The van der Waals surface area contributed by atoms with Crippen LogP contribution in [0, 0.1) is 10.1 Å². The highest BCUT2D eigenvalue weighted by Crippen LogP contribution is 2.27. The van der Waals surface area contributed by atoms with Crippen molar-refractivity contribution in [3.8, 4) is 0 Å². The summed E-state index contributed by atoms with van der Waals surface area (Å²) in [6.07, 6.45) is -4.88. The first-order chi connectivity index (χ1) is 12.6. The Morgan fingerprint density at radius 3 is 2.07 bits per heavy atom. The van der Waals surface area contributed by atoms with E-state index in [0.29, 0.717) is 0 Å². The van der Waals surface area contributed by atoms with Gasteiger partial charge in [0, 0.05) is 19.2 Å².